The maximum Gasteiger partial charge on any atom is 0.360 e. The summed E-state index contributed by atoms with van der Waals surface area (Å²) in [5, 5.41) is 0.228. The van der Waals surface area contributed by atoms with Gasteiger partial charge in [0.15, 0.2) is 0 Å². The molecule has 0 aromatic carbocycles. The van der Waals surface area contributed by atoms with E-state index in [1.54, 1.807) is 0 Å². The van der Waals surface area contributed by atoms with Crippen molar-refractivity contribution in [3.63, 3.8) is 0 Å². The van der Waals surface area contributed by atoms with E-state index in [0.29, 0.717) is 0 Å². The van der Waals surface area contributed by atoms with Gasteiger partial charge in [0.1, 0.15) is 5.69 Å². The van der Waals surface area contributed by atoms with Crippen LogP contribution >= 0.6 is 11.6 Å². The van der Waals surface area contributed by atoms with Crippen molar-refractivity contribution in [2.75, 3.05) is 5.73 Å². The minimum atomic E-state index is -0.595. The Morgan fingerprint density at radius 2 is 2.33 bits per heavy atom. The monoisotopic (exact) mass is 145 g/mol. The van der Waals surface area contributed by atoms with Crippen LogP contribution in [-0.4, -0.2) is 0 Å². The summed E-state index contributed by atoms with van der Waals surface area (Å²) in [6.07, 6.45) is 1.20. The van der Waals surface area contributed by atoms with Crippen molar-refractivity contribution in [1.82, 2.24) is 0 Å². The molecule has 0 unspecified atom stereocenters. The molecule has 1 aromatic rings. The summed E-state index contributed by atoms with van der Waals surface area (Å²) in [5.41, 5.74) is 4.51. The summed E-state index contributed by atoms with van der Waals surface area (Å²) in [5.74, 6) is 0. The van der Waals surface area contributed by atoms with Crippen LogP contribution in [0.4, 0.5) is 5.69 Å². The second-order valence-electron chi connectivity index (χ2n) is 1.47. The quantitative estimate of drug-likeness (QED) is 0.590. The molecule has 48 valence electrons. The Morgan fingerprint density at radius 1 is 1.67 bits per heavy atom. The molecule has 0 aliphatic rings. The van der Waals surface area contributed by atoms with E-state index in [1.807, 2.05) is 0 Å². The summed E-state index contributed by atoms with van der Waals surface area (Å²) in [4.78, 5) is 10.5. The molecule has 4 heteroatoms. The lowest BCUT2D eigenvalue weighted by molar-refractivity contribution is 0.514. The molecule has 0 saturated heterocycles. The largest absolute Gasteiger partial charge is 0.430 e. The molecule has 0 atom stereocenters. The normalized spacial score (nSPS) is 9.44. The summed E-state index contributed by atoms with van der Waals surface area (Å²) in [6, 6.07) is 1.41. The van der Waals surface area contributed by atoms with Crippen molar-refractivity contribution in [1.29, 1.82) is 0 Å². The zero-order chi connectivity index (χ0) is 6.85. The second-order valence-corrected chi connectivity index (χ2v) is 1.88. The Balaban J connectivity index is 3.43. The highest BCUT2D eigenvalue weighted by atomic mass is 35.5. The van der Waals surface area contributed by atoms with Crippen molar-refractivity contribution in [2.24, 2.45) is 0 Å². The third-order valence-corrected chi connectivity index (χ3v) is 1.20. The fourth-order valence-corrected chi connectivity index (χ4v) is 0.535. The van der Waals surface area contributed by atoms with Gasteiger partial charge in [0.25, 0.3) is 0 Å². The van der Waals surface area contributed by atoms with Gasteiger partial charge < -0.3 is 10.2 Å². The van der Waals surface area contributed by atoms with Gasteiger partial charge in [-0.3, -0.25) is 0 Å². The average molecular weight is 146 g/mol. The molecule has 0 aliphatic carbocycles. The third kappa shape index (κ3) is 1.05. The number of hydrogen-bond donors (Lipinski definition) is 1. The predicted octanol–water partition coefficient (Wildman–Crippen LogP) is 0.875. The first-order chi connectivity index (χ1) is 4.22. The predicted molar refractivity (Wildman–Crippen MR) is 34.4 cm³/mol. The summed E-state index contributed by atoms with van der Waals surface area (Å²) in [7, 11) is 0. The van der Waals surface area contributed by atoms with Gasteiger partial charge in [-0.1, -0.05) is 11.6 Å². The lowest BCUT2D eigenvalue weighted by Gasteiger charge is -1.89. The molecule has 0 aliphatic heterocycles. The van der Waals surface area contributed by atoms with E-state index in [-0.39, 0.29) is 10.7 Å². The molecule has 0 saturated carbocycles. The molecule has 2 N–H and O–H groups in total. The lowest BCUT2D eigenvalue weighted by Crippen LogP contribution is -2.05. The number of hydrogen-bond acceptors (Lipinski definition) is 3. The van der Waals surface area contributed by atoms with Gasteiger partial charge in [0, 0.05) is 0 Å². The first-order valence-electron chi connectivity index (χ1n) is 2.24. The van der Waals surface area contributed by atoms with E-state index in [1.165, 1.54) is 12.3 Å². The van der Waals surface area contributed by atoms with Crippen LogP contribution in [0.25, 0.3) is 0 Å². The molecule has 1 aromatic heterocycles. The molecular weight excluding hydrogens is 142 g/mol. The van der Waals surface area contributed by atoms with Crippen LogP contribution in [-0.2, 0) is 0 Å². The zero-order valence-electron chi connectivity index (χ0n) is 4.43. The van der Waals surface area contributed by atoms with Crippen LogP contribution in [0.5, 0.6) is 0 Å². The highest BCUT2D eigenvalue weighted by molar-refractivity contribution is 6.32. The molecule has 1 heterocycles. The number of nitrogens with two attached hydrogens (primary N) is 1. The van der Waals surface area contributed by atoms with Crippen molar-refractivity contribution in [2.45, 2.75) is 0 Å². The third-order valence-electron chi connectivity index (χ3n) is 0.867. The van der Waals surface area contributed by atoms with Gasteiger partial charge in [0.2, 0.25) is 0 Å². The van der Waals surface area contributed by atoms with Crippen molar-refractivity contribution in [3.8, 4) is 0 Å². The number of nitrogen functional groups attached to an aromatic ring is 1. The minimum absolute atomic E-state index is 0.0424. The number of anilines is 1. The van der Waals surface area contributed by atoms with Crippen molar-refractivity contribution < 1.29 is 4.42 Å². The Bertz CT molecular complexity index is 268. The van der Waals surface area contributed by atoms with E-state index in [0.717, 1.165) is 0 Å². The summed E-state index contributed by atoms with van der Waals surface area (Å²) in [6.45, 7) is 0. The maximum absolute atomic E-state index is 10.5. The van der Waals surface area contributed by atoms with E-state index < -0.39 is 5.63 Å². The maximum atomic E-state index is 10.5. The van der Waals surface area contributed by atoms with Crippen LogP contribution in [0, 0.1) is 0 Å². The van der Waals surface area contributed by atoms with E-state index in [9.17, 15) is 4.79 Å². The zero-order valence-corrected chi connectivity index (χ0v) is 5.18. The molecule has 0 bridgehead atoms. The van der Waals surface area contributed by atoms with Gasteiger partial charge in [-0.05, 0) is 6.07 Å². The summed E-state index contributed by atoms with van der Waals surface area (Å²) >= 11 is 5.43. The molecule has 9 heavy (non-hydrogen) atoms. The first-order valence-corrected chi connectivity index (χ1v) is 2.62. The highest BCUT2D eigenvalue weighted by Crippen LogP contribution is 2.11. The van der Waals surface area contributed by atoms with Crippen LogP contribution < -0.4 is 11.4 Å². The van der Waals surface area contributed by atoms with E-state index in [2.05, 4.69) is 4.42 Å². The second kappa shape index (κ2) is 2.11. The average Bonchev–Trinajstić information content (AvgIpc) is 1.83. The lowest BCUT2D eigenvalue weighted by atomic mass is 10.4. The topological polar surface area (TPSA) is 56.2 Å². The molecule has 0 amide bonds. The number of halogens is 1. The molecule has 3 nitrogen and oxygen atoms in total. The fraction of sp³-hybridized carbons (Fsp3) is 0. The molecule has 0 fully saturated rings. The van der Waals surface area contributed by atoms with Gasteiger partial charge in [-0.25, -0.2) is 4.79 Å². The SMILES string of the molecule is Nc1c(Cl)ccoc1=O. The van der Waals surface area contributed by atoms with Crippen LogP contribution in [0.15, 0.2) is 21.5 Å². The molecular formula is C5H4ClNO2. The molecule has 0 spiro atoms. The smallest absolute Gasteiger partial charge is 0.360 e. The Kier molecular flexibility index (Phi) is 1.44. The fourth-order valence-electron chi connectivity index (χ4n) is 0.406. The minimum Gasteiger partial charge on any atom is -0.430 e. The van der Waals surface area contributed by atoms with Gasteiger partial charge in [-0.15, -0.1) is 0 Å². The Labute approximate surface area is 56.0 Å². The van der Waals surface area contributed by atoms with Crippen molar-refractivity contribution >= 4 is 17.3 Å². The van der Waals surface area contributed by atoms with Crippen LogP contribution in [0.2, 0.25) is 5.02 Å². The highest BCUT2D eigenvalue weighted by Gasteiger charge is 1.98. The van der Waals surface area contributed by atoms with Gasteiger partial charge in [0.05, 0.1) is 11.3 Å². The number of rotatable bonds is 0. The Hall–Kier alpha value is -0.960. The van der Waals surface area contributed by atoms with Crippen LogP contribution in [0.1, 0.15) is 0 Å². The standard InChI is InChI=1S/C5H4ClNO2/c6-3-1-2-9-5(8)4(3)7/h1-2H,7H2. The molecule has 0 radical (unpaired) electrons. The Morgan fingerprint density at radius 3 is 2.78 bits per heavy atom. The summed E-state index contributed by atoms with van der Waals surface area (Å²) < 4.78 is 4.37. The van der Waals surface area contributed by atoms with Gasteiger partial charge >= 0.3 is 5.63 Å². The van der Waals surface area contributed by atoms with Crippen molar-refractivity contribution in [3.05, 3.63) is 27.8 Å². The first kappa shape index (κ1) is 6.16. The molecule has 1 rings (SSSR count). The van der Waals surface area contributed by atoms with Gasteiger partial charge in [-0.2, -0.15) is 0 Å². The van der Waals surface area contributed by atoms with E-state index in [4.69, 9.17) is 17.3 Å². The van der Waals surface area contributed by atoms with Crippen LogP contribution in [0.3, 0.4) is 0 Å². The van der Waals surface area contributed by atoms with E-state index >= 15 is 0 Å².